The Hall–Kier alpha value is -0.520. The Bertz CT molecular complexity index is 146. The lowest BCUT2D eigenvalue weighted by Crippen LogP contribution is -2.26. The van der Waals surface area contributed by atoms with Crippen molar-refractivity contribution in [2.24, 2.45) is 0 Å². The van der Waals surface area contributed by atoms with Gasteiger partial charge in [0.2, 0.25) is 0 Å². The molecule has 0 aromatic rings. The van der Waals surface area contributed by atoms with Gasteiger partial charge >= 0.3 is 0 Å². The molecule has 0 aliphatic rings. The second-order valence-corrected chi connectivity index (χ2v) is 2.69. The highest BCUT2D eigenvalue weighted by Crippen LogP contribution is 1.92. The molecule has 12 heavy (non-hydrogen) atoms. The summed E-state index contributed by atoms with van der Waals surface area (Å²) in [6.45, 7) is 7.35. The molecular weight excluding hydrogens is 150 g/mol. The first-order valence-electron chi connectivity index (χ1n) is 4.58. The molecule has 0 saturated heterocycles. The van der Waals surface area contributed by atoms with Crippen molar-refractivity contribution in [1.82, 2.24) is 4.90 Å². The second kappa shape index (κ2) is 8.58. The Labute approximate surface area is 75.6 Å². The largest absolute Gasteiger partial charge is 0.396 e. The second-order valence-electron chi connectivity index (χ2n) is 2.69. The smallest absolute Gasteiger partial charge is 0.0443 e. The van der Waals surface area contributed by atoms with Gasteiger partial charge in [-0.05, 0) is 19.9 Å². The van der Waals surface area contributed by atoms with Crippen LogP contribution >= 0.6 is 0 Å². The van der Waals surface area contributed by atoms with Gasteiger partial charge in [0.1, 0.15) is 0 Å². The van der Waals surface area contributed by atoms with Crippen LogP contribution in [0.3, 0.4) is 0 Å². The summed E-state index contributed by atoms with van der Waals surface area (Å²) in [4.78, 5) is 2.31. The van der Waals surface area contributed by atoms with E-state index in [4.69, 9.17) is 5.11 Å². The molecule has 0 bridgehead atoms. The van der Waals surface area contributed by atoms with Gasteiger partial charge in [0.25, 0.3) is 0 Å². The van der Waals surface area contributed by atoms with Crippen LogP contribution in [0.4, 0.5) is 0 Å². The Morgan fingerprint density at radius 1 is 1.33 bits per heavy atom. The summed E-state index contributed by atoms with van der Waals surface area (Å²) in [5.41, 5.74) is 0. The van der Waals surface area contributed by atoms with Gasteiger partial charge in [-0.2, -0.15) is 0 Å². The van der Waals surface area contributed by atoms with Crippen LogP contribution in [0.5, 0.6) is 0 Å². The maximum Gasteiger partial charge on any atom is 0.0443 e. The SMILES string of the molecule is CC#CCCN(CC)CCCO. The van der Waals surface area contributed by atoms with Gasteiger partial charge < -0.3 is 10.0 Å². The third-order valence-electron chi connectivity index (χ3n) is 1.81. The fourth-order valence-corrected chi connectivity index (χ4v) is 1.06. The molecule has 2 nitrogen and oxygen atoms in total. The van der Waals surface area contributed by atoms with Crippen LogP contribution in [0.1, 0.15) is 26.7 Å². The lowest BCUT2D eigenvalue weighted by atomic mass is 10.3. The molecule has 0 amide bonds. The molecule has 0 fully saturated rings. The fourth-order valence-electron chi connectivity index (χ4n) is 1.06. The Balaban J connectivity index is 3.43. The molecule has 0 atom stereocenters. The highest BCUT2D eigenvalue weighted by atomic mass is 16.3. The molecule has 0 saturated carbocycles. The third-order valence-corrected chi connectivity index (χ3v) is 1.81. The molecule has 0 aromatic carbocycles. The van der Waals surface area contributed by atoms with Crippen LogP contribution in [-0.4, -0.2) is 36.2 Å². The normalized spacial score (nSPS) is 9.67. The number of rotatable bonds is 6. The summed E-state index contributed by atoms with van der Waals surface area (Å²) in [7, 11) is 0. The monoisotopic (exact) mass is 169 g/mol. The van der Waals surface area contributed by atoms with Gasteiger partial charge in [-0.15, -0.1) is 11.8 Å². The predicted octanol–water partition coefficient (Wildman–Crippen LogP) is 1.10. The standard InChI is InChI=1S/C10H19NO/c1-3-5-6-8-11(4-2)9-7-10-12/h12H,4,6-10H2,1-2H3. The summed E-state index contributed by atoms with van der Waals surface area (Å²) in [5, 5.41) is 8.63. The first-order valence-corrected chi connectivity index (χ1v) is 4.58. The molecule has 0 spiro atoms. The molecule has 0 rings (SSSR count). The van der Waals surface area contributed by atoms with Crippen LogP contribution in [0, 0.1) is 11.8 Å². The molecule has 1 N–H and O–H groups in total. The number of hydrogen-bond donors (Lipinski definition) is 1. The molecule has 0 aliphatic heterocycles. The molecule has 70 valence electrons. The van der Waals surface area contributed by atoms with Gasteiger partial charge in [0, 0.05) is 26.1 Å². The minimum absolute atomic E-state index is 0.288. The quantitative estimate of drug-likeness (QED) is 0.602. The van der Waals surface area contributed by atoms with E-state index >= 15 is 0 Å². The Kier molecular flexibility index (Phi) is 8.20. The van der Waals surface area contributed by atoms with Gasteiger partial charge in [0.05, 0.1) is 0 Å². The molecule has 0 aromatic heterocycles. The van der Waals surface area contributed by atoms with Crippen molar-refractivity contribution in [2.75, 3.05) is 26.2 Å². The van der Waals surface area contributed by atoms with Gasteiger partial charge in [-0.25, -0.2) is 0 Å². The van der Waals surface area contributed by atoms with E-state index in [0.717, 1.165) is 32.5 Å². The zero-order valence-electron chi connectivity index (χ0n) is 8.14. The van der Waals surface area contributed by atoms with Crippen molar-refractivity contribution in [3.63, 3.8) is 0 Å². The third kappa shape index (κ3) is 6.21. The maximum absolute atomic E-state index is 8.63. The van der Waals surface area contributed by atoms with Crippen molar-refractivity contribution in [3.8, 4) is 11.8 Å². The van der Waals surface area contributed by atoms with Gasteiger partial charge in [-0.1, -0.05) is 6.92 Å². The topological polar surface area (TPSA) is 23.5 Å². The van der Waals surface area contributed by atoms with Crippen LogP contribution in [0.25, 0.3) is 0 Å². The van der Waals surface area contributed by atoms with E-state index in [1.54, 1.807) is 0 Å². The summed E-state index contributed by atoms with van der Waals surface area (Å²) >= 11 is 0. The van der Waals surface area contributed by atoms with Crippen molar-refractivity contribution in [2.45, 2.75) is 26.7 Å². The average Bonchev–Trinajstić information content (AvgIpc) is 2.11. The molecule has 0 unspecified atom stereocenters. The lowest BCUT2D eigenvalue weighted by Gasteiger charge is -2.17. The minimum atomic E-state index is 0.288. The molecule has 2 heteroatoms. The maximum atomic E-state index is 8.63. The molecule has 0 heterocycles. The number of hydrogen-bond acceptors (Lipinski definition) is 2. The molecular formula is C10H19NO. The van der Waals surface area contributed by atoms with E-state index in [2.05, 4.69) is 23.7 Å². The number of aliphatic hydroxyl groups excluding tert-OH is 1. The summed E-state index contributed by atoms with van der Waals surface area (Å²) in [5.74, 6) is 5.91. The van der Waals surface area contributed by atoms with Crippen LogP contribution in [-0.2, 0) is 0 Å². The van der Waals surface area contributed by atoms with E-state index in [9.17, 15) is 0 Å². The predicted molar refractivity (Wildman–Crippen MR) is 51.9 cm³/mol. The zero-order valence-corrected chi connectivity index (χ0v) is 8.14. The average molecular weight is 169 g/mol. The molecule has 0 aliphatic carbocycles. The summed E-state index contributed by atoms with van der Waals surface area (Å²) < 4.78 is 0. The van der Waals surface area contributed by atoms with E-state index in [1.165, 1.54) is 0 Å². The van der Waals surface area contributed by atoms with Crippen molar-refractivity contribution in [1.29, 1.82) is 0 Å². The highest BCUT2D eigenvalue weighted by molar-refractivity contribution is 4.95. The van der Waals surface area contributed by atoms with Gasteiger partial charge in [0.15, 0.2) is 0 Å². The Morgan fingerprint density at radius 2 is 2.08 bits per heavy atom. The fraction of sp³-hybridized carbons (Fsp3) is 0.800. The van der Waals surface area contributed by atoms with E-state index in [1.807, 2.05) is 6.92 Å². The lowest BCUT2D eigenvalue weighted by molar-refractivity contribution is 0.233. The van der Waals surface area contributed by atoms with Gasteiger partial charge in [-0.3, -0.25) is 0 Å². The first kappa shape index (κ1) is 11.5. The summed E-state index contributed by atoms with van der Waals surface area (Å²) in [6, 6.07) is 0. The summed E-state index contributed by atoms with van der Waals surface area (Å²) in [6.07, 6.45) is 1.81. The minimum Gasteiger partial charge on any atom is -0.396 e. The van der Waals surface area contributed by atoms with Crippen LogP contribution in [0.2, 0.25) is 0 Å². The van der Waals surface area contributed by atoms with Crippen molar-refractivity contribution >= 4 is 0 Å². The number of aliphatic hydroxyl groups is 1. The molecule has 0 radical (unpaired) electrons. The van der Waals surface area contributed by atoms with Crippen molar-refractivity contribution < 1.29 is 5.11 Å². The van der Waals surface area contributed by atoms with E-state index in [0.29, 0.717) is 0 Å². The van der Waals surface area contributed by atoms with Crippen molar-refractivity contribution in [3.05, 3.63) is 0 Å². The number of nitrogens with zero attached hydrogens (tertiary/aromatic N) is 1. The van der Waals surface area contributed by atoms with E-state index in [-0.39, 0.29) is 6.61 Å². The van der Waals surface area contributed by atoms with E-state index < -0.39 is 0 Å². The first-order chi connectivity index (χ1) is 5.85. The van der Waals surface area contributed by atoms with Crippen LogP contribution in [0.15, 0.2) is 0 Å². The highest BCUT2D eigenvalue weighted by Gasteiger charge is 1.98. The zero-order chi connectivity index (χ0) is 9.23. The van der Waals surface area contributed by atoms with Crippen LogP contribution < -0.4 is 0 Å². The Morgan fingerprint density at radius 3 is 2.58 bits per heavy atom.